The van der Waals surface area contributed by atoms with Crippen LogP contribution in [0.3, 0.4) is 0 Å². The standard InChI is InChI=1S/C21H16N2.C18H22BNO2.C9H6ClN.CH4S.3K.HO4P/c1-2-9-18(10-3-1)23-19-11-6-8-17(15-19)21-20-12-5-4-7-16(20)13-14-22-21;1-17(2)18(3,4)22-19(21-17)14-9-8-12-16(13-14)20-15-10-6-5-7-11-15;10-9-8-4-2-1-3-7(8)5-6-11-9;1-2;;;;1-4-5(2)3/h1-15,23H;5-13,20H,1-4H3;1-6H;2H,1H3;;;;1H/q;;;;;;+1;/p-1. The van der Waals surface area contributed by atoms with Crippen LogP contribution < -0.4 is 77.6 Å². The van der Waals surface area contributed by atoms with Gasteiger partial charge in [0.15, 0.2) is 0 Å². The normalized spacial score (nSPS) is 12.9. The quantitative estimate of drug-likeness (QED) is 0.0371. The van der Waals surface area contributed by atoms with Gasteiger partial charge in [0.2, 0.25) is 0 Å². The molecule has 8 aromatic rings. The summed E-state index contributed by atoms with van der Waals surface area (Å²) >= 11 is 11.9. The fraction of sp³-hybridized carbons (Fsp3) is 0.143. The Morgan fingerprint density at radius 3 is 1.56 bits per heavy atom. The van der Waals surface area contributed by atoms with Gasteiger partial charge in [0, 0.05) is 51.5 Å². The van der Waals surface area contributed by atoms with Gasteiger partial charge in [-0.2, -0.15) is 12.6 Å². The van der Waals surface area contributed by atoms with Gasteiger partial charge in [-0.15, -0.1) is 0 Å². The maximum atomic E-state index is 8.87. The van der Waals surface area contributed by atoms with Crippen LogP contribution in [0.2, 0.25) is 5.15 Å². The van der Waals surface area contributed by atoms with Crippen molar-refractivity contribution in [2.45, 2.75) is 38.9 Å². The monoisotopic (exact) mass is 1010 g/mol. The van der Waals surface area contributed by atoms with E-state index in [1.54, 1.807) is 12.5 Å². The second-order valence-corrected chi connectivity index (χ2v) is 15.7. The third-order valence-corrected chi connectivity index (χ3v) is 10.5. The molecule has 1 saturated heterocycles. The summed E-state index contributed by atoms with van der Waals surface area (Å²) in [5.74, 6) is 0. The molecule has 10 nitrogen and oxygen atoms in total. The van der Waals surface area contributed by atoms with Crippen LogP contribution in [0.1, 0.15) is 27.7 Å². The molecule has 1 aliphatic rings. The predicted octanol–water partition coefficient (Wildman–Crippen LogP) is 7.35. The van der Waals surface area contributed by atoms with Crippen LogP contribution >= 0.6 is 32.5 Å². The van der Waals surface area contributed by atoms with E-state index in [9.17, 15) is 0 Å². The van der Waals surface area contributed by atoms with Crippen LogP contribution in [0.5, 0.6) is 0 Å². The number of hydrogen-bond acceptors (Lipinski definition) is 11. The third kappa shape index (κ3) is 18.8. The van der Waals surface area contributed by atoms with Gasteiger partial charge >= 0.3 is 130 Å². The van der Waals surface area contributed by atoms with E-state index in [0.29, 0.717) is 5.15 Å². The second kappa shape index (κ2) is 31.6. The molecule has 1 atom stereocenters. The number of rotatable bonds is 7. The van der Waals surface area contributed by atoms with Crippen molar-refractivity contribution in [3.05, 3.63) is 187 Å². The molecule has 2 N–H and O–H groups in total. The van der Waals surface area contributed by atoms with Gasteiger partial charge in [-0.25, -0.2) is 9.66 Å². The number of benzene rings is 6. The molecule has 0 aliphatic carbocycles. The first-order valence-corrected chi connectivity index (χ1v) is 39.2. The second-order valence-electron chi connectivity index (χ2n) is 14.8. The Labute approximate surface area is 487 Å². The fourth-order valence-corrected chi connectivity index (χ4v) is 6.52. The molecular formula is C49H48BClK3N4O6PS. The number of pyridine rings is 2. The van der Waals surface area contributed by atoms with Gasteiger partial charge < -0.3 is 30.1 Å². The maximum Gasteiger partial charge on any atom is 0.0781 e. The summed E-state index contributed by atoms with van der Waals surface area (Å²) in [6.45, 7) is 8.27. The van der Waals surface area contributed by atoms with E-state index in [1.165, 1.54) is 73.9 Å². The van der Waals surface area contributed by atoms with Crippen LogP contribution in [0.25, 0.3) is 32.8 Å². The first-order valence-electron chi connectivity index (χ1n) is 20.8. The summed E-state index contributed by atoms with van der Waals surface area (Å²) in [5.41, 5.74) is 6.74. The van der Waals surface area contributed by atoms with E-state index in [0.717, 1.165) is 50.2 Å². The van der Waals surface area contributed by atoms with E-state index in [4.69, 9.17) is 35.6 Å². The zero-order valence-corrected chi connectivity index (χ0v) is 50.4. The molecule has 1 unspecified atom stereocenters. The largest absolute Gasteiger partial charge is 0.356 e. The van der Waals surface area contributed by atoms with Crippen LogP contribution in [0.4, 0.5) is 22.7 Å². The molecule has 66 heavy (non-hydrogen) atoms. The minimum absolute atomic E-state index is 0. The number of aromatic nitrogens is 2. The summed E-state index contributed by atoms with van der Waals surface area (Å²) in [6, 6.07) is 57.1. The molecule has 0 amide bonds. The van der Waals surface area contributed by atoms with Crippen molar-refractivity contribution in [2.24, 2.45) is 0 Å². The number of fused-ring (bicyclic) bond motifs is 2. The fourth-order valence-electron chi connectivity index (χ4n) is 6.30. The summed E-state index contributed by atoms with van der Waals surface area (Å²) in [7, 11) is -3.48. The Hall–Kier alpha value is -0.746. The minimum Gasteiger partial charge on any atom is -0.356 e. The Morgan fingerprint density at radius 1 is 0.621 bits per heavy atom. The number of anilines is 4. The van der Waals surface area contributed by atoms with Crippen molar-refractivity contribution in [3.63, 3.8) is 0 Å². The maximum absolute atomic E-state index is 8.87. The van der Waals surface area contributed by atoms with Gasteiger partial charge in [0.05, 0.1) is 16.9 Å². The molecule has 17 heteroatoms. The molecular weight excluding hydrogens is 967 g/mol. The van der Waals surface area contributed by atoms with Gasteiger partial charge in [0.25, 0.3) is 0 Å². The smallest absolute Gasteiger partial charge is 0.0781 e. The van der Waals surface area contributed by atoms with Crippen LogP contribution in [0.15, 0.2) is 182 Å². The van der Waals surface area contributed by atoms with E-state index >= 15 is 0 Å². The Balaban J connectivity index is 0.000000249. The minimum atomic E-state index is -3.15. The Morgan fingerprint density at radius 2 is 1.05 bits per heavy atom. The van der Waals surface area contributed by atoms with Crippen LogP contribution in [-0.4, -0.2) is 97.7 Å². The molecule has 0 radical (unpaired) electrons. The molecule has 1 aliphatic heterocycles. The van der Waals surface area contributed by atoms with Crippen molar-refractivity contribution in [3.8, 4) is 11.3 Å². The number of nitrogens with zero attached hydrogens (tertiary/aromatic N) is 2. The number of para-hydroxylation sites is 2. The summed E-state index contributed by atoms with van der Waals surface area (Å²) in [4.78, 5) is 17.4. The van der Waals surface area contributed by atoms with Crippen molar-refractivity contribution >= 4 is 153 Å². The average Bonchev–Trinajstić information content (AvgIpc) is 3.57. The van der Waals surface area contributed by atoms with Crippen molar-refractivity contribution in [1.82, 2.24) is 9.97 Å². The predicted molar refractivity (Wildman–Crippen MR) is 271 cm³/mol. The molecule has 6 aromatic carbocycles. The molecule has 324 valence electrons. The van der Waals surface area contributed by atoms with Crippen molar-refractivity contribution in [2.75, 3.05) is 16.9 Å². The van der Waals surface area contributed by atoms with E-state index in [2.05, 4.69) is 132 Å². The zero-order chi connectivity index (χ0) is 47.2. The summed E-state index contributed by atoms with van der Waals surface area (Å²) in [5, 5.41) is 20.5. The molecule has 0 saturated carbocycles. The topological polar surface area (TPSA) is 141 Å². The average molecular weight is 1020 g/mol. The number of hydrogen-bond donors (Lipinski definition) is 3. The van der Waals surface area contributed by atoms with Crippen molar-refractivity contribution in [1.29, 1.82) is 0 Å². The van der Waals surface area contributed by atoms with Crippen molar-refractivity contribution < 1.29 is 80.1 Å². The van der Waals surface area contributed by atoms with Gasteiger partial charge in [0.1, 0.15) is 5.15 Å². The SMILES string of the molecule is CC1(C)OB(c2cccc(Nc3ccccc3)c2)OC1(C)C.CS.Clc1nccc2ccccc12.O=[P+]([O-])O[O-].[K+].[K][K].c1ccc(Nc2cccc(-c3nccc4ccccc34)c2)cc1. The number of nitrogens with one attached hydrogen (secondary N) is 2. The number of thiol groups is 1. The summed E-state index contributed by atoms with van der Waals surface area (Å²) < 4.78 is 23.5. The molecule has 9 rings (SSSR count). The van der Waals surface area contributed by atoms with Gasteiger partial charge in [-0.3, -0.25) is 4.98 Å². The molecule has 3 heterocycles. The first kappa shape index (κ1) is 59.6. The molecule has 2 aromatic heterocycles. The van der Waals surface area contributed by atoms with E-state index < -0.39 is 8.25 Å². The number of halogens is 1. The molecule has 0 bridgehead atoms. The van der Waals surface area contributed by atoms with Gasteiger partial charge in [-0.1, -0.05) is 121 Å². The van der Waals surface area contributed by atoms with Gasteiger partial charge in [-0.05, 0) is 115 Å². The van der Waals surface area contributed by atoms with E-state index in [1.807, 2.05) is 109 Å². The van der Waals surface area contributed by atoms with Crippen LogP contribution in [0, 0.1) is 0 Å². The molecule has 0 spiro atoms. The van der Waals surface area contributed by atoms with Crippen LogP contribution in [-0.2, 0) is 18.5 Å². The summed E-state index contributed by atoms with van der Waals surface area (Å²) in [6.07, 6.45) is 5.28. The zero-order valence-electron chi connectivity index (χ0n) is 38.5. The Kier molecular flexibility index (Phi) is 28.5. The van der Waals surface area contributed by atoms with E-state index in [-0.39, 0.29) is 69.7 Å². The Bertz CT molecular complexity index is 2680. The first-order chi connectivity index (χ1) is 31.4. The third-order valence-electron chi connectivity index (χ3n) is 10.0. The molecule has 1 fully saturated rings.